The Balaban J connectivity index is 2.15. The van der Waals surface area contributed by atoms with Crippen molar-refractivity contribution in [3.8, 4) is 5.75 Å². The second-order valence-corrected chi connectivity index (χ2v) is 7.20. The number of aliphatic carboxylic acids is 1. The van der Waals surface area contributed by atoms with Crippen molar-refractivity contribution in [2.75, 3.05) is 7.11 Å². The van der Waals surface area contributed by atoms with E-state index in [9.17, 15) is 14.0 Å². The van der Waals surface area contributed by atoms with E-state index in [1.54, 1.807) is 30.3 Å². The number of carbonyl (C=O) groups excluding carboxylic acids is 1. The zero-order valence-electron chi connectivity index (χ0n) is 13.7. The maximum atomic E-state index is 14.9. The minimum absolute atomic E-state index is 0.0610. The van der Waals surface area contributed by atoms with Crippen LogP contribution in [0.5, 0.6) is 5.75 Å². The molecule has 0 saturated carbocycles. The van der Waals surface area contributed by atoms with Crippen molar-refractivity contribution < 1.29 is 23.8 Å². The number of carbonyl (C=O) groups is 2. The molecule has 1 aliphatic heterocycles. The largest absolute Gasteiger partial charge is 0.494 e. The Labute approximate surface area is 158 Å². The molecule has 136 valence electrons. The second-order valence-electron chi connectivity index (χ2n) is 5.72. The molecular weight excluding hydrogens is 381 g/mol. The van der Waals surface area contributed by atoms with Gasteiger partial charge in [0.1, 0.15) is 0 Å². The monoisotopic (exact) mass is 395 g/mol. The first-order chi connectivity index (χ1) is 12.4. The molecule has 8 heteroatoms. The number of carboxylic acid groups (broad SMARTS) is 1. The summed E-state index contributed by atoms with van der Waals surface area (Å²) in [6.07, 6.45) is -0.407. The fourth-order valence-electron chi connectivity index (χ4n) is 2.86. The van der Waals surface area contributed by atoms with Crippen LogP contribution in [0.3, 0.4) is 0 Å². The molecular formula is C18H15ClFNO4S. The quantitative estimate of drug-likeness (QED) is 0.823. The molecule has 0 aromatic heterocycles. The summed E-state index contributed by atoms with van der Waals surface area (Å²) in [6.45, 7) is 0. The molecule has 0 aliphatic carbocycles. The van der Waals surface area contributed by atoms with Gasteiger partial charge in [-0.3, -0.25) is 14.9 Å². The molecule has 0 radical (unpaired) electrons. The lowest BCUT2D eigenvalue weighted by Gasteiger charge is -2.23. The van der Waals surface area contributed by atoms with Gasteiger partial charge < -0.3 is 9.84 Å². The first-order valence-corrected chi connectivity index (χ1v) is 8.91. The molecule has 2 aromatic rings. The van der Waals surface area contributed by atoms with Gasteiger partial charge in [-0.2, -0.15) is 0 Å². The van der Waals surface area contributed by atoms with E-state index >= 15 is 0 Å². The van der Waals surface area contributed by atoms with Gasteiger partial charge >= 0.3 is 5.97 Å². The Morgan fingerprint density at radius 1 is 1.35 bits per heavy atom. The zero-order chi connectivity index (χ0) is 18.8. The molecule has 1 aliphatic rings. The molecule has 0 saturated heterocycles. The van der Waals surface area contributed by atoms with Crippen LogP contribution < -0.4 is 10.1 Å². The maximum absolute atomic E-state index is 14.9. The van der Waals surface area contributed by atoms with Crippen molar-refractivity contribution in [1.82, 2.24) is 5.32 Å². The lowest BCUT2D eigenvalue weighted by molar-refractivity contribution is -0.138. The molecule has 26 heavy (non-hydrogen) atoms. The van der Waals surface area contributed by atoms with E-state index in [2.05, 4.69) is 5.32 Å². The Morgan fingerprint density at radius 3 is 2.81 bits per heavy atom. The van der Waals surface area contributed by atoms with Gasteiger partial charge in [0, 0.05) is 15.5 Å². The van der Waals surface area contributed by atoms with Crippen LogP contribution in [0, 0.1) is 5.82 Å². The van der Waals surface area contributed by atoms with E-state index in [-0.39, 0.29) is 16.4 Å². The summed E-state index contributed by atoms with van der Waals surface area (Å²) in [5, 5.41) is 12.2. The third kappa shape index (κ3) is 3.70. The van der Waals surface area contributed by atoms with Gasteiger partial charge in [0.15, 0.2) is 11.6 Å². The topological polar surface area (TPSA) is 75.6 Å². The molecule has 1 heterocycles. The van der Waals surface area contributed by atoms with Crippen LogP contribution in [0.2, 0.25) is 5.02 Å². The van der Waals surface area contributed by atoms with Gasteiger partial charge in [-0.1, -0.05) is 23.7 Å². The number of benzene rings is 2. The third-order valence-electron chi connectivity index (χ3n) is 4.05. The van der Waals surface area contributed by atoms with Gasteiger partial charge in [0.2, 0.25) is 5.12 Å². The number of fused-ring (bicyclic) bond motifs is 1. The Bertz CT molecular complexity index is 876. The molecule has 2 N–H and O–H groups in total. The highest BCUT2D eigenvalue weighted by atomic mass is 35.5. The molecule has 0 spiro atoms. The summed E-state index contributed by atoms with van der Waals surface area (Å²) in [7, 11) is 1.36. The standard InChI is InChI=1S/C18H15ClFNO4S/c1-25-13-4-2-3-10(16(13)20)17-11-7-9(19)5-6-14(11)26-18(24)12(21-17)8-15(22)23/h2-7,12,17,21H,8H2,1H3,(H,22,23). The number of hydrogen-bond donors (Lipinski definition) is 2. The van der Waals surface area contributed by atoms with Gasteiger partial charge in [0.25, 0.3) is 0 Å². The smallest absolute Gasteiger partial charge is 0.305 e. The first-order valence-electron chi connectivity index (χ1n) is 7.72. The van der Waals surface area contributed by atoms with Gasteiger partial charge in [-0.25, -0.2) is 4.39 Å². The molecule has 3 rings (SSSR count). The highest BCUT2D eigenvalue weighted by Crippen LogP contribution is 2.39. The zero-order valence-corrected chi connectivity index (χ0v) is 15.2. The molecule has 0 fully saturated rings. The first kappa shape index (κ1) is 18.7. The van der Waals surface area contributed by atoms with E-state index in [0.717, 1.165) is 11.8 Å². The van der Waals surface area contributed by atoms with Crippen molar-refractivity contribution in [2.24, 2.45) is 0 Å². The van der Waals surface area contributed by atoms with Gasteiger partial charge in [-0.05, 0) is 41.6 Å². The number of ether oxygens (including phenoxy) is 1. The Kier molecular flexibility index (Phi) is 5.50. The minimum atomic E-state index is -1.12. The van der Waals surface area contributed by atoms with Crippen molar-refractivity contribution in [3.63, 3.8) is 0 Å². The fraction of sp³-hybridized carbons (Fsp3) is 0.222. The van der Waals surface area contributed by atoms with Gasteiger partial charge in [-0.15, -0.1) is 0 Å². The molecule has 2 unspecified atom stereocenters. The SMILES string of the molecule is COc1cccc(C2NC(CC(=O)O)C(=O)Sc3ccc(Cl)cc32)c1F. The van der Waals surface area contributed by atoms with E-state index < -0.39 is 30.3 Å². The second kappa shape index (κ2) is 7.65. The number of thioether (sulfide) groups is 1. The average Bonchev–Trinajstić information content (AvgIpc) is 2.72. The summed E-state index contributed by atoms with van der Waals surface area (Å²) in [4.78, 5) is 24.2. The lowest BCUT2D eigenvalue weighted by Crippen LogP contribution is -2.39. The van der Waals surface area contributed by atoms with Crippen LogP contribution in [-0.2, 0) is 9.59 Å². The van der Waals surface area contributed by atoms with Crippen LogP contribution in [0.4, 0.5) is 4.39 Å². The lowest BCUT2D eigenvalue weighted by atomic mass is 9.96. The average molecular weight is 396 g/mol. The molecule has 2 aromatic carbocycles. The van der Waals surface area contributed by atoms with E-state index in [0.29, 0.717) is 15.5 Å². The number of methoxy groups -OCH3 is 1. The minimum Gasteiger partial charge on any atom is -0.494 e. The molecule has 0 bridgehead atoms. The number of carboxylic acids is 1. The van der Waals surface area contributed by atoms with Crippen LogP contribution in [0.15, 0.2) is 41.3 Å². The summed E-state index contributed by atoms with van der Waals surface area (Å²) in [6, 6.07) is 7.93. The van der Waals surface area contributed by atoms with Crippen LogP contribution in [-0.4, -0.2) is 29.3 Å². The van der Waals surface area contributed by atoms with E-state index in [1.165, 1.54) is 13.2 Å². The summed E-state index contributed by atoms with van der Waals surface area (Å²) < 4.78 is 19.9. The molecule has 2 atom stereocenters. The number of hydrogen-bond acceptors (Lipinski definition) is 5. The number of rotatable bonds is 4. The highest BCUT2D eigenvalue weighted by Gasteiger charge is 2.34. The maximum Gasteiger partial charge on any atom is 0.305 e. The molecule has 5 nitrogen and oxygen atoms in total. The molecule has 0 amide bonds. The summed E-state index contributed by atoms with van der Waals surface area (Å²) in [5.74, 6) is -1.64. The van der Waals surface area contributed by atoms with Crippen LogP contribution in [0.1, 0.15) is 23.6 Å². The summed E-state index contributed by atoms with van der Waals surface area (Å²) in [5.41, 5.74) is 0.856. The summed E-state index contributed by atoms with van der Waals surface area (Å²) >= 11 is 7.03. The van der Waals surface area contributed by atoms with Gasteiger partial charge in [0.05, 0.1) is 25.6 Å². The fourth-order valence-corrected chi connectivity index (χ4v) is 3.98. The predicted octanol–water partition coefficient (Wildman–Crippen LogP) is 3.64. The van der Waals surface area contributed by atoms with Crippen LogP contribution in [0.25, 0.3) is 0 Å². The number of nitrogens with one attached hydrogen (secondary N) is 1. The van der Waals surface area contributed by atoms with Crippen molar-refractivity contribution in [3.05, 3.63) is 58.4 Å². The Morgan fingerprint density at radius 2 is 2.12 bits per heavy atom. The van der Waals surface area contributed by atoms with Crippen LogP contribution >= 0.6 is 23.4 Å². The van der Waals surface area contributed by atoms with Crippen molar-refractivity contribution >= 4 is 34.4 Å². The van der Waals surface area contributed by atoms with Crippen molar-refractivity contribution in [1.29, 1.82) is 0 Å². The number of halogens is 2. The predicted molar refractivity (Wildman–Crippen MR) is 96.3 cm³/mol. The normalized spacial score (nSPS) is 19.6. The van der Waals surface area contributed by atoms with Crippen molar-refractivity contribution in [2.45, 2.75) is 23.4 Å². The third-order valence-corrected chi connectivity index (χ3v) is 5.36. The highest BCUT2D eigenvalue weighted by molar-refractivity contribution is 8.13. The van der Waals surface area contributed by atoms with E-state index in [1.807, 2.05) is 0 Å². The van der Waals surface area contributed by atoms with E-state index in [4.69, 9.17) is 21.4 Å². The Hall–Kier alpha value is -2.09.